The number of piperidine rings is 1. The number of rotatable bonds is 2. The van der Waals surface area contributed by atoms with E-state index >= 15 is 0 Å². The number of likely N-dealkylation sites (N-methyl/N-ethyl adjacent to an activating group) is 1. The van der Waals surface area contributed by atoms with Crippen molar-refractivity contribution < 1.29 is 19.8 Å². The number of nitrogens with one attached hydrogen (secondary N) is 1. The zero-order valence-electron chi connectivity index (χ0n) is 11.1. The predicted octanol–water partition coefficient (Wildman–Crippen LogP) is -0.690. The fraction of sp³-hybridized carbons (Fsp3) is 0.833. The SMILES string of the molecule is CN1CCCC(NC(=O)N2CC(O)C[C@H]2C(=O)O)C1. The Kier molecular flexibility index (Phi) is 4.26. The highest BCUT2D eigenvalue weighted by Crippen LogP contribution is 2.19. The first-order valence-electron chi connectivity index (χ1n) is 6.64. The standard InChI is InChI=1S/C12H21N3O4/c1-14-4-2-3-8(6-14)13-12(19)15-7-9(16)5-10(15)11(17)18/h8-10,16H,2-7H2,1H3,(H,13,19)(H,17,18)/t8?,9?,10-/m0/s1. The maximum Gasteiger partial charge on any atom is 0.326 e. The normalized spacial score (nSPS) is 32.3. The van der Waals surface area contributed by atoms with E-state index in [1.807, 2.05) is 7.05 Å². The number of aliphatic hydroxyl groups is 1. The first-order valence-corrected chi connectivity index (χ1v) is 6.64. The van der Waals surface area contributed by atoms with Crippen molar-refractivity contribution in [2.75, 3.05) is 26.7 Å². The molecule has 2 aliphatic heterocycles. The van der Waals surface area contributed by atoms with Crippen LogP contribution in [0, 0.1) is 0 Å². The Morgan fingerprint density at radius 1 is 1.32 bits per heavy atom. The molecule has 3 atom stereocenters. The van der Waals surface area contributed by atoms with Crippen molar-refractivity contribution in [3.63, 3.8) is 0 Å². The second-order valence-corrected chi connectivity index (χ2v) is 5.45. The van der Waals surface area contributed by atoms with Crippen LogP contribution >= 0.6 is 0 Å². The highest BCUT2D eigenvalue weighted by Gasteiger charge is 2.39. The highest BCUT2D eigenvalue weighted by molar-refractivity contribution is 5.83. The molecule has 0 aromatic carbocycles. The number of hydrogen-bond acceptors (Lipinski definition) is 4. The maximum absolute atomic E-state index is 12.1. The minimum absolute atomic E-state index is 0.0541. The summed E-state index contributed by atoms with van der Waals surface area (Å²) in [4.78, 5) is 26.5. The number of likely N-dealkylation sites (tertiary alicyclic amines) is 2. The number of carboxylic acid groups (broad SMARTS) is 1. The second kappa shape index (κ2) is 5.75. The van der Waals surface area contributed by atoms with Gasteiger partial charge in [0.2, 0.25) is 0 Å². The van der Waals surface area contributed by atoms with Crippen LogP contribution in [-0.4, -0.2) is 76.9 Å². The van der Waals surface area contributed by atoms with Gasteiger partial charge in [0.05, 0.1) is 6.10 Å². The number of amides is 2. The Balaban J connectivity index is 1.93. The molecule has 0 bridgehead atoms. The lowest BCUT2D eigenvalue weighted by Gasteiger charge is -2.32. The van der Waals surface area contributed by atoms with Gasteiger partial charge in [-0.1, -0.05) is 0 Å². The number of carbonyl (C=O) groups is 2. The van der Waals surface area contributed by atoms with Crippen LogP contribution in [0.2, 0.25) is 0 Å². The van der Waals surface area contributed by atoms with Gasteiger partial charge in [-0.2, -0.15) is 0 Å². The molecule has 19 heavy (non-hydrogen) atoms. The van der Waals surface area contributed by atoms with Crippen LogP contribution in [0.1, 0.15) is 19.3 Å². The zero-order chi connectivity index (χ0) is 14.0. The van der Waals surface area contributed by atoms with Crippen molar-refractivity contribution in [2.45, 2.75) is 37.5 Å². The molecule has 2 fully saturated rings. The van der Waals surface area contributed by atoms with Gasteiger partial charge >= 0.3 is 12.0 Å². The number of nitrogens with zero attached hydrogens (tertiary/aromatic N) is 2. The fourth-order valence-electron chi connectivity index (χ4n) is 2.81. The third kappa shape index (κ3) is 3.36. The van der Waals surface area contributed by atoms with Gasteiger partial charge in [0.15, 0.2) is 0 Å². The number of carboxylic acids is 1. The molecule has 2 aliphatic rings. The van der Waals surface area contributed by atoms with Gasteiger partial charge in [0.25, 0.3) is 0 Å². The Bertz CT molecular complexity index is 363. The largest absolute Gasteiger partial charge is 0.480 e. The highest BCUT2D eigenvalue weighted by atomic mass is 16.4. The molecule has 0 saturated carbocycles. The van der Waals surface area contributed by atoms with Crippen LogP contribution in [0.25, 0.3) is 0 Å². The van der Waals surface area contributed by atoms with Gasteiger partial charge in [-0.15, -0.1) is 0 Å². The molecule has 0 radical (unpaired) electrons. The van der Waals surface area contributed by atoms with Gasteiger partial charge in [-0.3, -0.25) is 0 Å². The molecule has 7 heteroatoms. The van der Waals surface area contributed by atoms with E-state index in [2.05, 4.69) is 10.2 Å². The fourth-order valence-corrected chi connectivity index (χ4v) is 2.81. The third-order valence-corrected chi connectivity index (χ3v) is 3.78. The Morgan fingerprint density at radius 3 is 2.68 bits per heavy atom. The first kappa shape index (κ1) is 14.1. The van der Waals surface area contributed by atoms with E-state index in [0.29, 0.717) is 0 Å². The second-order valence-electron chi connectivity index (χ2n) is 5.45. The zero-order valence-corrected chi connectivity index (χ0v) is 11.1. The van der Waals surface area contributed by atoms with Gasteiger partial charge in [-0.05, 0) is 26.4 Å². The average Bonchev–Trinajstić information content (AvgIpc) is 2.71. The lowest BCUT2D eigenvalue weighted by molar-refractivity contribution is -0.141. The molecular weight excluding hydrogens is 250 g/mol. The lowest BCUT2D eigenvalue weighted by Crippen LogP contribution is -2.53. The molecule has 2 saturated heterocycles. The monoisotopic (exact) mass is 271 g/mol. The Morgan fingerprint density at radius 2 is 2.05 bits per heavy atom. The van der Waals surface area contributed by atoms with Crippen LogP contribution in [-0.2, 0) is 4.79 Å². The van der Waals surface area contributed by atoms with E-state index in [4.69, 9.17) is 5.11 Å². The first-order chi connectivity index (χ1) is 8.97. The molecule has 0 aromatic rings. The van der Waals surface area contributed by atoms with Crippen molar-refractivity contribution in [3.8, 4) is 0 Å². The topological polar surface area (TPSA) is 93.1 Å². The Hall–Kier alpha value is -1.34. The van der Waals surface area contributed by atoms with E-state index < -0.39 is 18.1 Å². The smallest absolute Gasteiger partial charge is 0.326 e. The van der Waals surface area contributed by atoms with Crippen molar-refractivity contribution >= 4 is 12.0 Å². The summed E-state index contributed by atoms with van der Waals surface area (Å²) in [5.41, 5.74) is 0. The summed E-state index contributed by atoms with van der Waals surface area (Å²) in [6.45, 7) is 1.89. The maximum atomic E-state index is 12.1. The van der Waals surface area contributed by atoms with Gasteiger partial charge in [0, 0.05) is 25.6 Å². The molecule has 7 nitrogen and oxygen atoms in total. The molecule has 108 valence electrons. The number of aliphatic carboxylic acids is 1. The van der Waals surface area contributed by atoms with Crippen molar-refractivity contribution in [3.05, 3.63) is 0 Å². The number of β-amino-alcohol motifs (C(OH)–C–C–N with tert-alkyl or cyclic N) is 1. The van der Waals surface area contributed by atoms with Crippen LogP contribution in [0.5, 0.6) is 0 Å². The van der Waals surface area contributed by atoms with E-state index in [9.17, 15) is 14.7 Å². The van der Waals surface area contributed by atoms with Gasteiger partial charge < -0.3 is 25.3 Å². The summed E-state index contributed by atoms with van der Waals surface area (Å²) in [6, 6.07) is -1.25. The van der Waals surface area contributed by atoms with Crippen molar-refractivity contribution in [1.29, 1.82) is 0 Å². The number of hydrogen-bond donors (Lipinski definition) is 3. The van der Waals surface area contributed by atoms with Crippen LogP contribution < -0.4 is 5.32 Å². The molecule has 0 spiro atoms. The Labute approximate surface area is 112 Å². The molecule has 0 aromatic heterocycles. The number of urea groups is 1. The minimum Gasteiger partial charge on any atom is -0.480 e. The molecule has 2 unspecified atom stereocenters. The van der Waals surface area contributed by atoms with Crippen LogP contribution in [0.15, 0.2) is 0 Å². The van der Waals surface area contributed by atoms with Crippen molar-refractivity contribution in [1.82, 2.24) is 15.1 Å². The summed E-state index contributed by atoms with van der Waals surface area (Å²) >= 11 is 0. The quantitative estimate of drug-likeness (QED) is 0.618. The molecule has 2 amide bonds. The van der Waals surface area contributed by atoms with Gasteiger partial charge in [0.1, 0.15) is 6.04 Å². The van der Waals surface area contributed by atoms with Crippen LogP contribution in [0.4, 0.5) is 4.79 Å². The lowest BCUT2D eigenvalue weighted by atomic mass is 10.1. The van der Waals surface area contributed by atoms with Gasteiger partial charge in [-0.25, -0.2) is 9.59 Å². The summed E-state index contributed by atoms with van der Waals surface area (Å²) in [6.07, 6.45) is 1.28. The van der Waals surface area contributed by atoms with Crippen LogP contribution in [0.3, 0.4) is 0 Å². The predicted molar refractivity (Wildman–Crippen MR) is 67.8 cm³/mol. The van der Waals surface area contributed by atoms with E-state index in [0.717, 1.165) is 25.9 Å². The summed E-state index contributed by atoms with van der Waals surface area (Å²) < 4.78 is 0. The number of carbonyl (C=O) groups excluding carboxylic acids is 1. The minimum atomic E-state index is -1.06. The molecule has 0 aliphatic carbocycles. The molecular formula is C12H21N3O4. The average molecular weight is 271 g/mol. The molecule has 3 N–H and O–H groups in total. The molecule has 2 rings (SSSR count). The van der Waals surface area contributed by atoms with E-state index in [1.165, 1.54) is 4.90 Å². The molecule has 2 heterocycles. The van der Waals surface area contributed by atoms with Crippen molar-refractivity contribution in [2.24, 2.45) is 0 Å². The summed E-state index contributed by atoms with van der Waals surface area (Å²) in [7, 11) is 2.00. The summed E-state index contributed by atoms with van der Waals surface area (Å²) in [5, 5.41) is 21.4. The van der Waals surface area contributed by atoms with E-state index in [1.54, 1.807) is 0 Å². The third-order valence-electron chi connectivity index (χ3n) is 3.78. The number of aliphatic hydroxyl groups excluding tert-OH is 1. The summed E-state index contributed by atoms with van der Waals surface area (Å²) in [5.74, 6) is -1.06. The van der Waals surface area contributed by atoms with E-state index in [-0.39, 0.29) is 25.0 Å².